The van der Waals surface area contributed by atoms with Gasteiger partial charge in [-0.1, -0.05) is 31.2 Å². The van der Waals surface area contributed by atoms with Gasteiger partial charge in [0.2, 0.25) is 0 Å². The minimum absolute atomic E-state index is 0.492. The number of rotatable bonds is 3. The molecule has 1 aliphatic rings. The molecule has 1 fully saturated rings. The standard InChI is InChI=1S/C13H19NS/c1-10(8-14)12-4-2-3-5-13(12)11-6-7-15-9-11/h2-5,10-11H,6-9,14H2,1H3. The van der Waals surface area contributed by atoms with Crippen molar-refractivity contribution in [3.05, 3.63) is 35.4 Å². The van der Waals surface area contributed by atoms with E-state index in [1.165, 1.54) is 23.5 Å². The molecule has 0 spiro atoms. The Bertz CT molecular complexity index is 318. The molecule has 0 bridgehead atoms. The lowest BCUT2D eigenvalue weighted by Gasteiger charge is -2.18. The van der Waals surface area contributed by atoms with Crippen molar-refractivity contribution in [3.63, 3.8) is 0 Å². The molecule has 82 valence electrons. The van der Waals surface area contributed by atoms with Gasteiger partial charge in [-0.3, -0.25) is 0 Å². The average molecular weight is 221 g/mol. The number of hydrogen-bond donors (Lipinski definition) is 1. The van der Waals surface area contributed by atoms with E-state index in [1.54, 1.807) is 5.56 Å². The molecule has 0 aliphatic carbocycles. The van der Waals surface area contributed by atoms with Crippen molar-refractivity contribution in [2.45, 2.75) is 25.2 Å². The molecule has 1 saturated heterocycles. The van der Waals surface area contributed by atoms with Crippen LogP contribution in [0.15, 0.2) is 24.3 Å². The predicted octanol–water partition coefficient (Wildman–Crippen LogP) is 2.97. The van der Waals surface area contributed by atoms with Crippen molar-refractivity contribution in [2.75, 3.05) is 18.1 Å². The fourth-order valence-electron chi connectivity index (χ4n) is 2.24. The summed E-state index contributed by atoms with van der Waals surface area (Å²) in [7, 11) is 0. The molecule has 0 saturated carbocycles. The largest absolute Gasteiger partial charge is 0.330 e. The zero-order chi connectivity index (χ0) is 10.7. The van der Waals surface area contributed by atoms with Gasteiger partial charge in [-0.25, -0.2) is 0 Å². The van der Waals surface area contributed by atoms with Crippen molar-refractivity contribution < 1.29 is 0 Å². The van der Waals surface area contributed by atoms with Crippen LogP contribution < -0.4 is 5.73 Å². The van der Waals surface area contributed by atoms with Crippen molar-refractivity contribution in [3.8, 4) is 0 Å². The fourth-order valence-corrected chi connectivity index (χ4v) is 3.49. The molecule has 2 N–H and O–H groups in total. The molecule has 2 heteroatoms. The lowest BCUT2D eigenvalue weighted by Crippen LogP contribution is -2.12. The molecule has 1 nitrogen and oxygen atoms in total. The summed E-state index contributed by atoms with van der Waals surface area (Å²) in [6, 6.07) is 8.83. The SMILES string of the molecule is CC(CN)c1ccccc1C1CCSC1. The Hall–Kier alpha value is -0.470. The molecule has 1 aliphatic heterocycles. The summed E-state index contributed by atoms with van der Waals surface area (Å²) in [5, 5.41) is 0. The van der Waals surface area contributed by atoms with Gasteiger partial charge in [0.1, 0.15) is 0 Å². The first kappa shape index (κ1) is 11.0. The zero-order valence-corrected chi connectivity index (χ0v) is 10.1. The Morgan fingerprint density at radius 3 is 2.93 bits per heavy atom. The minimum atomic E-state index is 0.492. The second-order valence-corrected chi connectivity index (χ2v) is 5.48. The highest BCUT2D eigenvalue weighted by atomic mass is 32.2. The summed E-state index contributed by atoms with van der Waals surface area (Å²) in [5.74, 6) is 3.86. The van der Waals surface area contributed by atoms with Crippen LogP contribution in [0.2, 0.25) is 0 Å². The Morgan fingerprint density at radius 1 is 1.47 bits per heavy atom. The van der Waals surface area contributed by atoms with Gasteiger partial charge in [-0.15, -0.1) is 0 Å². The quantitative estimate of drug-likeness (QED) is 0.849. The number of benzene rings is 1. The van der Waals surface area contributed by atoms with Crippen molar-refractivity contribution >= 4 is 11.8 Å². The Balaban J connectivity index is 2.28. The topological polar surface area (TPSA) is 26.0 Å². The summed E-state index contributed by atoms with van der Waals surface area (Å²) in [5.41, 5.74) is 8.77. The minimum Gasteiger partial charge on any atom is -0.330 e. The molecule has 2 unspecified atom stereocenters. The Morgan fingerprint density at radius 2 is 2.27 bits per heavy atom. The van der Waals surface area contributed by atoms with E-state index in [-0.39, 0.29) is 0 Å². The molecule has 1 heterocycles. The van der Waals surface area contributed by atoms with E-state index >= 15 is 0 Å². The summed E-state index contributed by atoms with van der Waals surface area (Å²) >= 11 is 2.07. The number of nitrogens with two attached hydrogens (primary N) is 1. The van der Waals surface area contributed by atoms with Crippen LogP contribution in [0.4, 0.5) is 0 Å². The molecule has 0 aromatic heterocycles. The number of hydrogen-bond acceptors (Lipinski definition) is 2. The average Bonchev–Trinajstić information content (AvgIpc) is 2.81. The van der Waals surface area contributed by atoms with Gasteiger partial charge in [-0.2, -0.15) is 11.8 Å². The van der Waals surface area contributed by atoms with Crippen LogP contribution in [-0.4, -0.2) is 18.1 Å². The van der Waals surface area contributed by atoms with Crippen molar-refractivity contribution in [1.82, 2.24) is 0 Å². The first-order valence-corrected chi connectivity index (χ1v) is 6.85. The highest BCUT2D eigenvalue weighted by Crippen LogP contribution is 2.35. The van der Waals surface area contributed by atoms with Gasteiger partial charge in [0.25, 0.3) is 0 Å². The maximum Gasteiger partial charge on any atom is 0.000187 e. The van der Waals surface area contributed by atoms with E-state index in [9.17, 15) is 0 Å². The van der Waals surface area contributed by atoms with Crippen LogP contribution in [0.5, 0.6) is 0 Å². The lowest BCUT2D eigenvalue weighted by atomic mass is 9.88. The first-order chi connectivity index (χ1) is 7.33. The highest BCUT2D eigenvalue weighted by Gasteiger charge is 2.21. The molecule has 1 aromatic rings. The van der Waals surface area contributed by atoms with Crippen LogP contribution in [0, 0.1) is 0 Å². The molecule has 15 heavy (non-hydrogen) atoms. The predicted molar refractivity (Wildman–Crippen MR) is 68.6 cm³/mol. The molecule has 2 atom stereocenters. The normalized spacial score (nSPS) is 22.9. The van der Waals surface area contributed by atoms with Gasteiger partial charge in [0.15, 0.2) is 0 Å². The van der Waals surface area contributed by atoms with Gasteiger partial charge in [0.05, 0.1) is 0 Å². The van der Waals surface area contributed by atoms with Gasteiger partial charge >= 0.3 is 0 Å². The lowest BCUT2D eigenvalue weighted by molar-refractivity contribution is 0.717. The first-order valence-electron chi connectivity index (χ1n) is 5.69. The molecular weight excluding hydrogens is 202 g/mol. The Kier molecular flexibility index (Phi) is 3.71. The second kappa shape index (κ2) is 5.04. The highest BCUT2D eigenvalue weighted by molar-refractivity contribution is 7.99. The fraction of sp³-hybridized carbons (Fsp3) is 0.538. The molecule has 0 radical (unpaired) electrons. The van der Waals surface area contributed by atoms with Crippen LogP contribution in [-0.2, 0) is 0 Å². The molecule has 0 amide bonds. The van der Waals surface area contributed by atoms with Crippen molar-refractivity contribution in [2.24, 2.45) is 5.73 Å². The smallest absolute Gasteiger partial charge is 0.000187 e. The molecule has 1 aromatic carbocycles. The van der Waals surface area contributed by atoms with Gasteiger partial charge < -0.3 is 5.73 Å². The van der Waals surface area contributed by atoms with E-state index in [0.717, 1.165) is 12.5 Å². The van der Waals surface area contributed by atoms with Crippen LogP contribution in [0.1, 0.15) is 36.3 Å². The van der Waals surface area contributed by atoms with E-state index in [4.69, 9.17) is 5.73 Å². The zero-order valence-electron chi connectivity index (χ0n) is 9.28. The number of thioether (sulfide) groups is 1. The van der Waals surface area contributed by atoms with Crippen LogP contribution in [0.25, 0.3) is 0 Å². The van der Waals surface area contributed by atoms with Crippen LogP contribution in [0.3, 0.4) is 0 Å². The van der Waals surface area contributed by atoms with E-state index < -0.39 is 0 Å². The Labute approximate surface area is 96.4 Å². The summed E-state index contributed by atoms with van der Waals surface area (Å²) < 4.78 is 0. The maximum absolute atomic E-state index is 5.77. The maximum atomic E-state index is 5.77. The van der Waals surface area contributed by atoms with Crippen molar-refractivity contribution in [1.29, 1.82) is 0 Å². The van der Waals surface area contributed by atoms with E-state index in [0.29, 0.717) is 5.92 Å². The van der Waals surface area contributed by atoms with E-state index in [1.807, 2.05) is 0 Å². The third kappa shape index (κ3) is 2.37. The summed E-state index contributed by atoms with van der Waals surface area (Å²) in [6.07, 6.45) is 1.33. The molecular formula is C13H19NS. The summed E-state index contributed by atoms with van der Waals surface area (Å²) in [6.45, 7) is 2.97. The summed E-state index contributed by atoms with van der Waals surface area (Å²) in [4.78, 5) is 0. The second-order valence-electron chi connectivity index (χ2n) is 4.33. The molecule has 2 rings (SSSR count). The third-order valence-corrected chi connectivity index (χ3v) is 4.41. The van der Waals surface area contributed by atoms with Gasteiger partial charge in [-0.05, 0) is 41.7 Å². The monoisotopic (exact) mass is 221 g/mol. The van der Waals surface area contributed by atoms with Crippen LogP contribution >= 0.6 is 11.8 Å². The van der Waals surface area contributed by atoms with E-state index in [2.05, 4.69) is 43.0 Å². The van der Waals surface area contributed by atoms with Gasteiger partial charge in [0, 0.05) is 5.75 Å². The third-order valence-electron chi connectivity index (χ3n) is 3.25.